The molecule has 0 spiro atoms. The summed E-state index contributed by atoms with van der Waals surface area (Å²) in [5.74, 6) is 0.294. The summed E-state index contributed by atoms with van der Waals surface area (Å²) in [5, 5.41) is 26.8. The van der Waals surface area contributed by atoms with Gasteiger partial charge in [0.15, 0.2) is 12.1 Å². The smallest absolute Gasteiger partial charge is 0.412 e. The molecule has 37 heavy (non-hydrogen) atoms. The van der Waals surface area contributed by atoms with E-state index in [1.54, 1.807) is 13.0 Å². The maximum atomic E-state index is 11.8. The van der Waals surface area contributed by atoms with Gasteiger partial charge in [0.1, 0.15) is 5.75 Å². The minimum Gasteiger partial charge on any atom is -0.507 e. The molecule has 10 nitrogen and oxygen atoms in total. The van der Waals surface area contributed by atoms with Crippen molar-refractivity contribution in [2.75, 3.05) is 31.6 Å². The Labute approximate surface area is 216 Å². The van der Waals surface area contributed by atoms with Crippen LogP contribution in [0.3, 0.4) is 0 Å². The number of nitrogens with zero attached hydrogens (tertiary/aromatic N) is 4. The fourth-order valence-electron chi connectivity index (χ4n) is 4.05. The SMILES string of the molecule is CCOC(=O)Nc1nn(C(CC#N)CCN(CCN)Cc2ccc(-c3ccccc3)c(O)c2)cc1C=O. The van der Waals surface area contributed by atoms with Crippen molar-refractivity contribution >= 4 is 18.2 Å². The molecule has 0 aliphatic carbocycles. The quantitative estimate of drug-likeness (QED) is 0.297. The number of rotatable bonds is 13. The van der Waals surface area contributed by atoms with Crippen molar-refractivity contribution < 1.29 is 19.4 Å². The van der Waals surface area contributed by atoms with E-state index < -0.39 is 6.09 Å². The van der Waals surface area contributed by atoms with Gasteiger partial charge in [0.05, 0.1) is 30.7 Å². The zero-order chi connectivity index (χ0) is 26.6. The number of nitrogens with two attached hydrogens (primary N) is 1. The molecule has 1 aromatic heterocycles. The molecule has 0 aliphatic rings. The molecule has 0 radical (unpaired) electrons. The van der Waals surface area contributed by atoms with Crippen molar-refractivity contribution in [2.45, 2.75) is 32.4 Å². The van der Waals surface area contributed by atoms with Crippen molar-refractivity contribution in [3.63, 3.8) is 0 Å². The third-order valence-electron chi connectivity index (χ3n) is 5.86. The van der Waals surface area contributed by atoms with Crippen molar-refractivity contribution in [1.29, 1.82) is 5.26 Å². The van der Waals surface area contributed by atoms with Crippen LogP contribution in [0.4, 0.5) is 10.6 Å². The lowest BCUT2D eigenvalue weighted by Gasteiger charge is -2.24. The molecule has 2 aromatic carbocycles. The number of aromatic hydroxyl groups is 1. The maximum absolute atomic E-state index is 11.8. The number of phenols is 1. The van der Waals surface area contributed by atoms with E-state index in [0.29, 0.717) is 38.9 Å². The van der Waals surface area contributed by atoms with E-state index in [-0.39, 0.29) is 36.2 Å². The zero-order valence-corrected chi connectivity index (χ0v) is 20.8. The van der Waals surface area contributed by atoms with E-state index in [0.717, 1.165) is 16.7 Å². The third kappa shape index (κ3) is 7.64. The molecule has 3 aromatic rings. The number of aromatic nitrogens is 2. The van der Waals surface area contributed by atoms with E-state index >= 15 is 0 Å². The molecule has 0 saturated carbocycles. The first-order valence-corrected chi connectivity index (χ1v) is 12.1. The molecular formula is C27H32N6O4. The summed E-state index contributed by atoms with van der Waals surface area (Å²) < 4.78 is 6.40. The molecule has 0 saturated heterocycles. The van der Waals surface area contributed by atoms with Crippen LogP contribution in [0, 0.1) is 11.3 Å². The number of aldehydes is 1. The Balaban J connectivity index is 1.71. The van der Waals surface area contributed by atoms with Crippen LogP contribution in [0.1, 0.15) is 41.7 Å². The normalized spacial score (nSPS) is 11.6. The third-order valence-corrected chi connectivity index (χ3v) is 5.86. The second-order valence-corrected chi connectivity index (χ2v) is 8.46. The van der Waals surface area contributed by atoms with E-state index in [1.165, 1.54) is 10.9 Å². The summed E-state index contributed by atoms with van der Waals surface area (Å²) in [6, 6.07) is 17.2. The van der Waals surface area contributed by atoms with E-state index in [9.17, 15) is 20.0 Å². The molecular weight excluding hydrogens is 472 g/mol. The van der Waals surface area contributed by atoms with Gasteiger partial charge in [0.25, 0.3) is 0 Å². The molecule has 0 aliphatic heterocycles. The second-order valence-electron chi connectivity index (χ2n) is 8.46. The Morgan fingerprint density at radius 2 is 2.08 bits per heavy atom. The predicted octanol–water partition coefficient (Wildman–Crippen LogP) is 3.94. The van der Waals surface area contributed by atoms with Crippen molar-refractivity contribution in [3.8, 4) is 22.9 Å². The Morgan fingerprint density at radius 1 is 1.30 bits per heavy atom. The monoisotopic (exact) mass is 504 g/mol. The molecule has 0 fully saturated rings. The highest BCUT2D eigenvalue weighted by Crippen LogP contribution is 2.30. The highest BCUT2D eigenvalue weighted by molar-refractivity contribution is 5.91. The molecule has 1 unspecified atom stereocenters. The summed E-state index contributed by atoms with van der Waals surface area (Å²) in [4.78, 5) is 25.4. The number of hydrogen-bond acceptors (Lipinski definition) is 8. The number of carbonyl (C=O) groups excluding carboxylic acids is 2. The van der Waals surface area contributed by atoms with Crippen molar-refractivity contribution in [1.82, 2.24) is 14.7 Å². The molecule has 194 valence electrons. The van der Waals surface area contributed by atoms with Gasteiger partial charge in [-0.1, -0.05) is 42.5 Å². The minimum atomic E-state index is -0.705. The number of anilines is 1. The molecule has 4 N–H and O–H groups in total. The van der Waals surface area contributed by atoms with Crippen LogP contribution in [0.15, 0.2) is 54.7 Å². The summed E-state index contributed by atoms with van der Waals surface area (Å²) in [6.45, 7) is 4.09. The summed E-state index contributed by atoms with van der Waals surface area (Å²) in [7, 11) is 0. The van der Waals surface area contributed by atoms with E-state index in [4.69, 9.17) is 10.5 Å². The van der Waals surface area contributed by atoms with Gasteiger partial charge in [-0.3, -0.25) is 19.7 Å². The standard InChI is InChI=1S/C27H32N6O4/c1-2-37-27(36)30-26-22(19-34)18-33(31-26)23(10-12-28)11-14-32(15-13-29)17-20-8-9-24(25(35)16-20)21-6-4-3-5-7-21/h3-9,16,18-19,23,35H,2,10-11,13-15,17,29H2,1H3,(H,30,31,36). The van der Waals surface area contributed by atoms with Crippen LogP contribution in [0.25, 0.3) is 11.1 Å². The highest BCUT2D eigenvalue weighted by atomic mass is 16.5. The number of nitrogens with one attached hydrogen (secondary N) is 1. The van der Waals surface area contributed by atoms with Crippen LogP contribution < -0.4 is 11.1 Å². The van der Waals surface area contributed by atoms with Gasteiger partial charge in [0, 0.05) is 37.9 Å². The van der Waals surface area contributed by atoms with Crippen LogP contribution in [-0.2, 0) is 11.3 Å². The van der Waals surface area contributed by atoms with Crippen LogP contribution >= 0.6 is 0 Å². The molecule has 1 atom stereocenters. The van der Waals surface area contributed by atoms with Gasteiger partial charge in [-0.15, -0.1) is 0 Å². The van der Waals surface area contributed by atoms with Crippen LogP contribution in [0.2, 0.25) is 0 Å². The van der Waals surface area contributed by atoms with Crippen LogP contribution in [0.5, 0.6) is 5.75 Å². The van der Waals surface area contributed by atoms with Gasteiger partial charge >= 0.3 is 6.09 Å². The van der Waals surface area contributed by atoms with Gasteiger partial charge < -0.3 is 15.6 Å². The maximum Gasteiger partial charge on any atom is 0.412 e. The molecule has 1 heterocycles. The lowest BCUT2D eigenvalue weighted by Crippen LogP contribution is -2.31. The Bertz CT molecular complexity index is 1220. The largest absolute Gasteiger partial charge is 0.507 e. The van der Waals surface area contributed by atoms with Crippen LogP contribution in [-0.4, -0.2) is 58.4 Å². The number of ether oxygens (including phenoxy) is 1. The fourth-order valence-corrected chi connectivity index (χ4v) is 4.05. The van der Waals surface area contributed by atoms with Gasteiger partial charge in [-0.05, 0) is 30.5 Å². The number of nitriles is 1. The molecule has 10 heteroatoms. The Kier molecular flexibility index (Phi) is 10.2. The summed E-state index contributed by atoms with van der Waals surface area (Å²) >= 11 is 0. The number of benzene rings is 2. The lowest BCUT2D eigenvalue weighted by molar-refractivity contribution is 0.112. The average molecular weight is 505 g/mol. The highest BCUT2D eigenvalue weighted by Gasteiger charge is 2.19. The zero-order valence-electron chi connectivity index (χ0n) is 20.8. The first kappa shape index (κ1) is 27.4. The Hall–Kier alpha value is -4.20. The number of carbonyl (C=O) groups is 2. The molecule has 3 rings (SSSR count). The van der Waals surface area contributed by atoms with Gasteiger partial charge in [-0.25, -0.2) is 4.79 Å². The summed E-state index contributed by atoms with van der Waals surface area (Å²) in [6.07, 6.45) is 2.14. The average Bonchev–Trinajstić information content (AvgIpc) is 3.29. The van der Waals surface area contributed by atoms with Gasteiger partial charge in [-0.2, -0.15) is 10.4 Å². The van der Waals surface area contributed by atoms with E-state index in [1.807, 2.05) is 42.5 Å². The van der Waals surface area contributed by atoms with Crippen molar-refractivity contribution in [3.05, 3.63) is 65.9 Å². The first-order valence-electron chi connectivity index (χ1n) is 12.1. The van der Waals surface area contributed by atoms with E-state index in [2.05, 4.69) is 21.4 Å². The Morgan fingerprint density at radius 3 is 2.73 bits per heavy atom. The molecule has 1 amide bonds. The topological polar surface area (TPSA) is 146 Å². The lowest BCUT2D eigenvalue weighted by atomic mass is 10.0. The predicted molar refractivity (Wildman–Crippen MR) is 140 cm³/mol. The van der Waals surface area contributed by atoms with Crippen molar-refractivity contribution in [2.24, 2.45) is 5.73 Å². The minimum absolute atomic E-state index is 0.0872. The van der Waals surface area contributed by atoms with Gasteiger partial charge in [0.2, 0.25) is 0 Å². The number of amides is 1. The second kappa shape index (κ2) is 13.8. The summed E-state index contributed by atoms with van der Waals surface area (Å²) in [5.41, 5.74) is 8.69. The first-order chi connectivity index (χ1) is 18.0. The molecule has 0 bridgehead atoms. The fraction of sp³-hybridized carbons (Fsp3) is 0.333. The number of hydrogen-bond donors (Lipinski definition) is 3. The number of phenolic OH excluding ortho intramolecular Hbond substituents is 1.